The Hall–Kier alpha value is -5.08. The standard InChI is InChI=1S/C25H34N3O9P.Cu.2Fm/c1-25(2,3)36-24(32)27-11-5-4-6-19(28-15-17-12-20(29)7-9-22(17)30)16-26-14-18-13-21(8-10-23(18)31)37-38(33,34)35;;;/h7-10,12-15,19,29-31H,4-6,11,16H2,1-3H3,(H,27,32)(H2,33,34,35);;;. The minimum absolute atomic E-state index is 0. The maximum atomic E-state index is 11.8. The number of phenols is 3. The molecule has 41 heavy (non-hydrogen) atoms. The number of unbranched alkanes of at least 4 members (excludes halogenated alkanes) is 1. The fourth-order valence-corrected chi connectivity index (χ4v) is 3.54. The van der Waals surface area contributed by atoms with Gasteiger partial charge in [0.1, 0.15) is 28.6 Å². The second-order valence-corrected chi connectivity index (χ2v) is 10.6. The quantitative estimate of drug-likeness (QED) is 0.0603. The second kappa shape index (κ2) is 16.8. The summed E-state index contributed by atoms with van der Waals surface area (Å²) in [5.41, 5.74) is -0.0775. The predicted molar refractivity (Wildman–Crippen MR) is 142 cm³/mol. The van der Waals surface area contributed by atoms with E-state index in [4.69, 9.17) is 14.5 Å². The zero-order valence-electron chi connectivity index (χ0n) is 22.3. The van der Waals surface area contributed by atoms with Crippen LogP contribution in [0.2, 0.25) is 0 Å². The van der Waals surface area contributed by atoms with Gasteiger partial charge in [-0.2, -0.15) is 0 Å². The summed E-state index contributed by atoms with van der Waals surface area (Å²) in [6.07, 6.45) is 4.16. The fourth-order valence-electron chi connectivity index (χ4n) is 3.16. The minimum Gasteiger partial charge on any atom is -0.508 e. The van der Waals surface area contributed by atoms with Gasteiger partial charge in [-0.25, -0.2) is 9.36 Å². The van der Waals surface area contributed by atoms with Crippen LogP contribution in [0.4, 0.5) is 4.79 Å². The predicted octanol–water partition coefficient (Wildman–Crippen LogP) is 3.87. The van der Waals surface area contributed by atoms with E-state index in [1.807, 2.05) is 0 Å². The number of ether oxygens (including phenoxy) is 1. The van der Waals surface area contributed by atoms with Gasteiger partial charge in [0.05, 0.1) is 12.6 Å². The van der Waals surface area contributed by atoms with Gasteiger partial charge in [-0.05, 0) is 76.4 Å². The Morgan fingerprint density at radius 1 is 1.00 bits per heavy atom. The molecular weight excluding hydrogens is 1090 g/mol. The molecule has 2 rings (SSSR count). The summed E-state index contributed by atoms with van der Waals surface area (Å²) in [6.45, 7) is 5.92. The topological polar surface area (TPSA) is 190 Å². The number of benzene rings is 2. The number of aromatic hydroxyl groups is 3. The number of phenolic OH excluding ortho intramolecular Hbond substituents is 3. The smallest absolute Gasteiger partial charge is 0.508 e. The van der Waals surface area contributed by atoms with Crippen molar-refractivity contribution in [1.29, 1.82) is 0 Å². The van der Waals surface area contributed by atoms with Gasteiger partial charge < -0.3 is 29.9 Å². The summed E-state index contributed by atoms with van der Waals surface area (Å²) in [6, 6.07) is 7.39. The molecule has 0 saturated heterocycles. The summed E-state index contributed by atoms with van der Waals surface area (Å²) in [4.78, 5) is 38.5. The number of nitrogens with zero attached hydrogens (tertiary/aromatic N) is 2. The molecule has 1 atom stereocenters. The molecule has 0 saturated carbocycles. The van der Waals surface area contributed by atoms with Crippen LogP contribution >= 0.6 is 7.82 Å². The summed E-state index contributed by atoms with van der Waals surface area (Å²) >= 11 is 0. The molecule has 12 nitrogen and oxygen atoms in total. The molecule has 0 aliphatic heterocycles. The molecule has 6 N–H and O–H groups in total. The van der Waals surface area contributed by atoms with E-state index in [0.29, 0.717) is 31.4 Å². The van der Waals surface area contributed by atoms with Crippen molar-refractivity contribution in [3.8, 4) is 23.0 Å². The zero-order valence-corrected chi connectivity index (χ0v) is 29.0. The van der Waals surface area contributed by atoms with Crippen LogP contribution in [0.3, 0.4) is 0 Å². The average molecular weight is 1130 g/mol. The molecule has 0 bridgehead atoms. The number of rotatable bonds is 12. The first-order chi connectivity index (χ1) is 17.7. The number of phosphoric ester groups is 1. The van der Waals surface area contributed by atoms with E-state index in [2.05, 4.69) is 19.8 Å². The molecule has 2 aromatic carbocycles. The Balaban J connectivity index is 0. The van der Waals surface area contributed by atoms with Crippen molar-refractivity contribution < 1.29 is 60.8 Å². The molecule has 0 spiro atoms. The van der Waals surface area contributed by atoms with Gasteiger partial charge in [0, 0.05) is 47.2 Å². The second-order valence-electron chi connectivity index (χ2n) is 9.40. The molecule has 1 radical (unpaired) electrons. The molecule has 243 valence electrons. The van der Waals surface area contributed by atoms with Crippen LogP contribution in [0.1, 0.15) is 51.2 Å². The Labute approximate surface area is 237 Å². The van der Waals surface area contributed by atoms with E-state index < -0.39 is 19.5 Å². The van der Waals surface area contributed by atoms with Crippen molar-refractivity contribution in [2.45, 2.75) is 51.7 Å². The number of amides is 1. The van der Waals surface area contributed by atoms with Gasteiger partial charge in [-0.3, -0.25) is 19.8 Å². The van der Waals surface area contributed by atoms with Gasteiger partial charge in [0.15, 0.2) is 0 Å². The van der Waals surface area contributed by atoms with Crippen molar-refractivity contribution in [3.05, 3.63) is 47.5 Å². The molecule has 0 heterocycles. The van der Waals surface area contributed by atoms with Crippen LogP contribution in [0.5, 0.6) is 23.0 Å². The van der Waals surface area contributed by atoms with E-state index in [9.17, 15) is 24.7 Å². The number of carbonyl (C=O) groups excluding carboxylic acids is 1. The van der Waals surface area contributed by atoms with Crippen LogP contribution in [0.15, 0.2) is 46.4 Å². The first kappa shape index (κ1) is 38.1. The molecule has 0 aliphatic rings. The van der Waals surface area contributed by atoms with Crippen molar-refractivity contribution in [2.24, 2.45) is 9.98 Å². The summed E-state index contributed by atoms with van der Waals surface area (Å²) < 4.78 is 20.8. The van der Waals surface area contributed by atoms with E-state index >= 15 is 0 Å². The number of carbonyl (C=O) groups is 1. The molecule has 2 aromatic rings. The Morgan fingerprint density at radius 3 is 2.22 bits per heavy atom. The molecule has 0 fully saturated rings. The fraction of sp³-hybridized carbons (Fsp3) is 0.400. The Morgan fingerprint density at radius 2 is 1.61 bits per heavy atom. The molecule has 0 aromatic heterocycles. The summed E-state index contributed by atoms with van der Waals surface area (Å²) in [5, 5.41) is 32.4. The monoisotopic (exact) mass is 1130 g/mol. The van der Waals surface area contributed by atoms with Gasteiger partial charge in [0.25, 0.3) is 0 Å². The number of aliphatic imine (C=N–C) groups is 2. The SMILES string of the molecule is CC(C)(C)OC(=O)NCCCCC(CN=Cc1cc(OP(=O)(O)O)ccc1O)N=Cc1cc(O)ccc1O.[Cu].[Fm].[Fm]. The third kappa shape index (κ3) is 15.2. The third-order valence-electron chi connectivity index (χ3n) is 4.84. The largest absolute Gasteiger partial charge is 0.524 e. The molecular formula is C25H34CuFm2N3O9P. The normalized spacial score (nSPS) is 12.1. The van der Waals surface area contributed by atoms with Gasteiger partial charge in [-0.1, -0.05) is 0 Å². The summed E-state index contributed by atoms with van der Waals surface area (Å²) in [5.74, 6) is -0.379. The van der Waals surface area contributed by atoms with Gasteiger partial charge in [0.2, 0.25) is 0 Å². The van der Waals surface area contributed by atoms with Crippen molar-refractivity contribution in [1.82, 2.24) is 5.32 Å². The van der Waals surface area contributed by atoms with Crippen molar-refractivity contribution in [3.63, 3.8) is 0 Å². The van der Waals surface area contributed by atoms with Crippen molar-refractivity contribution in [2.75, 3.05) is 13.1 Å². The minimum atomic E-state index is -4.76. The first-order valence-electron chi connectivity index (χ1n) is 11.8. The molecule has 0 aliphatic carbocycles. The maximum absolute atomic E-state index is 11.8. The average Bonchev–Trinajstić information content (AvgIpc) is 2.78. The third-order valence-corrected chi connectivity index (χ3v) is 5.29. The molecule has 1 amide bonds. The van der Waals surface area contributed by atoms with Crippen LogP contribution in [0, 0.1) is 0 Å². The van der Waals surface area contributed by atoms with Crippen LogP contribution in [0.25, 0.3) is 0 Å². The molecule has 1 unspecified atom stereocenters. The molecule has 16 heteroatoms. The van der Waals surface area contributed by atoms with Crippen LogP contribution < -0.4 is 9.84 Å². The van der Waals surface area contributed by atoms with E-state index in [1.54, 1.807) is 20.8 Å². The first-order valence-corrected chi connectivity index (χ1v) is 13.3. The number of hydrogen-bond donors (Lipinski definition) is 6. The van der Waals surface area contributed by atoms with Crippen molar-refractivity contribution >= 4 is 26.3 Å². The van der Waals surface area contributed by atoms with Gasteiger partial charge in [-0.15, -0.1) is 0 Å². The number of hydrogen-bond acceptors (Lipinski definition) is 9. The number of phosphoric acid groups is 1. The van der Waals surface area contributed by atoms with Crippen LogP contribution in [-0.4, -0.2) is 68.4 Å². The zero-order chi connectivity index (χ0) is 28.3. The summed E-state index contributed by atoms with van der Waals surface area (Å²) in [7, 11) is -4.76. The van der Waals surface area contributed by atoms with Crippen LogP contribution in [-0.2, 0) is 26.4 Å². The van der Waals surface area contributed by atoms with E-state index in [-0.39, 0.29) is 58.2 Å². The number of alkyl carbamates (subject to hydrolysis) is 1. The Kier molecular flexibility index (Phi) is 15.6. The Bertz CT molecular complexity index is 1210. The van der Waals surface area contributed by atoms with E-state index in [0.717, 1.165) is 0 Å². The van der Waals surface area contributed by atoms with E-state index in [1.165, 1.54) is 48.8 Å². The number of nitrogens with one attached hydrogen (secondary N) is 1. The van der Waals surface area contributed by atoms with Gasteiger partial charge >= 0.3 is 13.9 Å². The maximum Gasteiger partial charge on any atom is 0.524 e.